The number of hydrogen-bond donors (Lipinski definition) is 2. The number of aromatic nitrogens is 1. The third kappa shape index (κ3) is 4.95. The number of H-pyrrole nitrogens is 1. The molecule has 5 rings (SSSR count). The summed E-state index contributed by atoms with van der Waals surface area (Å²) in [6.07, 6.45) is 1.17. The third-order valence-corrected chi connectivity index (χ3v) is 8.12. The number of piperidine rings is 2. The molecular weight excluding hydrogens is 556 g/mol. The van der Waals surface area contributed by atoms with E-state index in [0.717, 1.165) is 57.0 Å². The van der Waals surface area contributed by atoms with Gasteiger partial charge in [-0.15, -0.1) is 0 Å². The maximum absolute atomic E-state index is 14.4. The number of rotatable bonds is 3. The molecule has 1 aromatic heterocycles. The molecule has 0 aliphatic carbocycles. The van der Waals surface area contributed by atoms with Gasteiger partial charge in [0, 0.05) is 34.9 Å². The number of hydrogen-bond acceptors (Lipinski definition) is 3. The molecule has 3 aliphatic rings. The maximum atomic E-state index is 14.4. The SMILES string of the molecule is Cc1[nH]c(/C=C2\C(=O)Nc3c(Br)cc(F)cc32)c(C(F)(F)F)c1C(=O)N1CCC(N2CCCCC2)CC1. The smallest absolute Gasteiger partial charge is 0.358 e. The molecule has 0 atom stereocenters. The highest BCUT2D eigenvalue weighted by Gasteiger charge is 2.42. The quantitative estimate of drug-likeness (QED) is 0.353. The second-order valence-corrected chi connectivity index (χ2v) is 10.7. The Morgan fingerprint density at radius 2 is 1.78 bits per heavy atom. The highest BCUT2D eigenvalue weighted by molar-refractivity contribution is 9.10. The van der Waals surface area contributed by atoms with Crippen LogP contribution in [-0.4, -0.2) is 58.8 Å². The number of amides is 2. The summed E-state index contributed by atoms with van der Waals surface area (Å²) < 4.78 is 57.4. The van der Waals surface area contributed by atoms with E-state index in [2.05, 4.69) is 31.1 Å². The Balaban J connectivity index is 1.46. The monoisotopic (exact) mass is 582 g/mol. The molecule has 11 heteroatoms. The number of anilines is 1. The predicted octanol–water partition coefficient (Wildman–Crippen LogP) is 5.83. The average Bonchev–Trinajstić information content (AvgIpc) is 3.36. The standard InChI is InChI=1S/C26H27BrF4N4O2/c1-14-21(25(37)35-9-5-16(6-10-35)34-7-3-2-4-8-34)22(26(29,30)31)20(32-14)13-18-17-11-15(28)12-19(27)23(17)33-24(18)36/h11-13,16,32H,2-10H2,1H3,(H,33,36)/b18-13-. The maximum Gasteiger partial charge on any atom is 0.419 e. The van der Waals surface area contributed by atoms with E-state index in [4.69, 9.17) is 0 Å². The number of aromatic amines is 1. The van der Waals surface area contributed by atoms with Crippen molar-refractivity contribution < 1.29 is 27.2 Å². The van der Waals surface area contributed by atoms with Crippen molar-refractivity contribution in [3.63, 3.8) is 0 Å². The lowest BCUT2D eigenvalue weighted by Gasteiger charge is -2.40. The van der Waals surface area contributed by atoms with Gasteiger partial charge < -0.3 is 20.1 Å². The van der Waals surface area contributed by atoms with E-state index in [1.807, 2.05) is 0 Å². The molecule has 0 unspecified atom stereocenters. The second-order valence-electron chi connectivity index (χ2n) is 9.85. The fourth-order valence-electron chi connectivity index (χ4n) is 5.70. The highest BCUT2D eigenvalue weighted by Crippen LogP contribution is 2.42. The minimum atomic E-state index is -4.85. The van der Waals surface area contributed by atoms with Crippen LogP contribution in [-0.2, 0) is 11.0 Å². The summed E-state index contributed by atoms with van der Waals surface area (Å²) in [7, 11) is 0. The van der Waals surface area contributed by atoms with Crippen LogP contribution in [0, 0.1) is 12.7 Å². The normalized spacial score (nSPS) is 20.4. The average molecular weight is 583 g/mol. The number of halogens is 5. The number of nitrogens with zero attached hydrogens (tertiary/aromatic N) is 2. The first-order chi connectivity index (χ1) is 17.5. The van der Waals surface area contributed by atoms with Crippen LogP contribution in [0.25, 0.3) is 11.6 Å². The van der Waals surface area contributed by atoms with Crippen molar-refractivity contribution in [2.24, 2.45) is 0 Å². The van der Waals surface area contributed by atoms with Gasteiger partial charge in [-0.3, -0.25) is 9.59 Å². The van der Waals surface area contributed by atoms with Crippen LogP contribution in [0.1, 0.15) is 65.0 Å². The minimum absolute atomic E-state index is 0.0707. The number of nitrogens with one attached hydrogen (secondary N) is 2. The zero-order valence-corrected chi connectivity index (χ0v) is 21.9. The van der Waals surface area contributed by atoms with Crippen molar-refractivity contribution in [2.75, 3.05) is 31.5 Å². The summed E-state index contributed by atoms with van der Waals surface area (Å²) in [5.41, 5.74) is -1.58. The molecule has 0 bridgehead atoms. The van der Waals surface area contributed by atoms with Gasteiger partial charge >= 0.3 is 6.18 Å². The first-order valence-corrected chi connectivity index (χ1v) is 13.2. The zero-order chi connectivity index (χ0) is 26.5. The molecule has 2 amide bonds. The Hall–Kier alpha value is -2.66. The molecule has 6 nitrogen and oxygen atoms in total. The van der Waals surface area contributed by atoms with E-state index in [9.17, 15) is 27.2 Å². The molecular formula is C26H27BrF4N4O2. The van der Waals surface area contributed by atoms with Crippen LogP contribution < -0.4 is 5.32 Å². The van der Waals surface area contributed by atoms with E-state index >= 15 is 0 Å². The number of alkyl halides is 3. The predicted molar refractivity (Wildman–Crippen MR) is 135 cm³/mol. The third-order valence-electron chi connectivity index (χ3n) is 7.49. The molecule has 198 valence electrons. The van der Waals surface area contributed by atoms with Crippen molar-refractivity contribution in [2.45, 2.75) is 51.2 Å². The summed E-state index contributed by atoms with van der Waals surface area (Å²) in [6, 6.07) is 2.60. The van der Waals surface area contributed by atoms with Gasteiger partial charge in [-0.05, 0) is 79.8 Å². The van der Waals surface area contributed by atoms with E-state index in [-0.39, 0.29) is 27.0 Å². The summed E-state index contributed by atoms with van der Waals surface area (Å²) in [4.78, 5) is 32.6. The molecule has 2 N–H and O–H groups in total. The molecule has 3 aliphatic heterocycles. The Kier molecular flexibility index (Phi) is 6.95. The largest absolute Gasteiger partial charge is 0.419 e. The van der Waals surface area contributed by atoms with Crippen LogP contribution in [0.2, 0.25) is 0 Å². The summed E-state index contributed by atoms with van der Waals surface area (Å²) in [6.45, 7) is 4.26. The van der Waals surface area contributed by atoms with Crippen LogP contribution in [0.5, 0.6) is 0 Å². The fraction of sp³-hybridized carbons (Fsp3) is 0.462. The first-order valence-electron chi connectivity index (χ1n) is 12.4. The van der Waals surface area contributed by atoms with Crippen LogP contribution in [0.4, 0.5) is 23.2 Å². The Bertz CT molecular complexity index is 1270. The van der Waals surface area contributed by atoms with Gasteiger partial charge in [0.25, 0.3) is 11.8 Å². The van der Waals surface area contributed by atoms with Gasteiger partial charge in [-0.1, -0.05) is 6.42 Å². The molecule has 0 saturated carbocycles. The van der Waals surface area contributed by atoms with E-state index in [0.29, 0.717) is 19.1 Å². The fourth-order valence-corrected chi connectivity index (χ4v) is 6.23. The number of benzene rings is 1. The van der Waals surface area contributed by atoms with E-state index in [1.54, 1.807) is 0 Å². The number of likely N-dealkylation sites (tertiary alicyclic amines) is 2. The lowest BCUT2D eigenvalue weighted by atomic mass is 9.98. The molecule has 2 fully saturated rings. The number of carbonyl (C=O) groups excluding carboxylic acids is 2. The molecule has 4 heterocycles. The van der Waals surface area contributed by atoms with Gasteiger partial charge in [0.15, 0.2) is 0 Å². The zero-order valence-electron chi connectivity index (χ0n) is 20.3. The van der Waals surface area contributed by atoms with Crippen LogP contribution >= 0.6 is 15.9 Å². The van der Waals surface area contributed by atoms with Gasteiger partial charge in [0.2, 0.25) is 0 Å². The van der Waals surface area contributed by atoms with Gasteiger partial charge in [-0.2, -0.15) is 13.2 Å². The molecule has 1 aromatic carbocycles. The topological polar surface area (TPSA) is 68.4 Å². The molecule has 2 saturated heterocycles. The van der Waals surface area contributed by atoms with Gasteiger partial charge in [-0.25, -0.2) is 4.39 Å². The lowest BCUT2D eigenvalue weighted by molar-refractivity contribution is -0.138. The lowest BCUT2D eigenvalue weighted by Crippen LogP contribution is -2.48. The van der Waals surface area contributed by atoms with Crippen molar-refractivity contribution in [3.05, 3.63) is 50.5 Å². The van der Waals surface area contributed by atoms with Crippen molar-refractivity contribution in [1.29, 1.82) is 0 Å². The second kappa shape index (κ2) is 9.90. The van der Waals surface area contributed by atoms with Crippen molar-refractivity contribution in [1.82, 2.24) is 14.8 Å². The number of fused-ring (bicyclic) bond motifs is 1. The highest BCUT2D eigenvalue weighted by atomic mass is 79.9. The summed E-state index contributed by atoms with van der Waals surface area (Å²) in [5.74, 6) is -1.97. The van der Waals surface area contributed by atoms with E-state index in [1.165, 1.54) is 18.2 Å². The van der Waals surface area contributed by atoms with Crippen molar-refractivity contribution in [3.8, 4) is 0 Å². The van der Waals surface area contributed by atoms with Gasteiger partial charge in [0.05, 0.1) is 28.1 Å². The van der Waals surface area contributed by atoms with Crippen LogP contribution in [0.3, 0.4) is 0 Å². The Morgan fingerprint density at radius 1 is 1.11 bits per heavy atom. The van der Waals surface area contributed by atoms with Crippen molar-refractivity contribution >= 4 is 45.1 Å². The summed E-state index contributed by atoms with van der Waals surface area (Å²) >= 11 is 3.17. The summed E-state index contributed by atoms with van der Waals surface area (Å²) in [5, 5.41) is 2.55. The molecule has 0 spiro atoms. The molecule has 0 radical (unpaired) electrons. The molecule has 37 heavy (non-hydrogen) atoms. The first kappa shape index (κ1) is 26.0. The van der Waals surface area contributed by atoms with Crippen LogP contribution in [0.15, 0.2) is 16.6 Å². The Morgan fingerprint density at radius 3 is 2.43 bits per heavy atom. The number of carbonyl (C=O) groups is 2. The minimum Gasteiger partial charge on any atom is -0.358 e. The number of aryl methyl sites for hydroxylation is 1. The van der Waals surface area contributed by atoms with Gasteiger partial charge in [0.1, 0.15) is 5.82 Å². The Labute approximate surface area is 220 Å². The van der Waals surface area contributed by atoms with E-state index < -0.39 is 40.6 Å². The molecule has 2 aromatic rings.